The summed E-state index contributed by atoms with van der Waals surface area (Å²) in [6.07, 6.45) is 5.14. The van der Waals surface area contributed by atoms with Crippen molar-refractivity contribution < 1.29 is 9.90 Å². The van der Waals surface area contributed by atoms with Crippen LogP contribution in [-0.4, -0.2) is 20.5 Å². The average Bonchev–Trinajstić information content (AvgIpc) is 2.68. The molecule has 2 bridgehead atoms. The summed E-state index contributed by atoms with van der Waals surface area (Å²) in [6.45, 7) is 8.13. The minimum atomic E-state index is -0.978. The molecule has 0 amide bonds. The van der Waals surface area contributed by atoms with E-state index in [4.69, 9.17) is 4.98 Å². The van der Waals surface area contributed by atoms with Gasteiger partial charge in [-0.05, 0) is 69.2 Å². The highest BCUT2D eigenvalue weighted by Gasteiger charge is 2.66. The monoisotopic (exact) mass is 417 g/mol. The quantitative estimate of drug-likeness (QED) is 0.633. The number of rotatable bonds is 5. The Morgan fingerprint density at radius 2 is 1.90 bits per heavy atom. The number of carboxylic acid groups (broad SMARTS) is 1. The van der Waals surface area contributed by atoms with Crippen LogP contribution < -0.4 is 10.9 Å². The van der Waals surface area contributed by atoms with Crippen molar-refractivity contribution in [3.63, 3.8) is 0 Å². The number of hydrogen-bond donors (Lipinski definition) is 2. The van der Waals surface area contributed by atoms with Gasteiger partial charge in [0, 0.05) is 28.4 Å². The topological polar surface area (TPSA) is 83.7 Å². The Bertz CT molecular complexity index is 1290. The van der Waals surface area contributed by atoms with Gasteiger partial charge in [-0.1, -0.05) is 19.1 Å². The molecule has 0 radical (unpaired) electrons. The molecule has 6 heteroatoms. The Hall–Kier alpha value is -3.15. The molecule has 0 aliphatic heterocycles. The first kappa shape index (κ1) is 19.8. The molecule has 0 spiro atoms. The molecule has 2 aromatic heterocycles. The molecular weight excluding hydrogens is 390 g/mol. The lowest BCUT2D eigenvalue weighted by atomic mass is 9.35. The number of para-hydroxylation sites is 1. The predicted molar refractivity (Wildman–Crippen MR) is 120 cm³/mol. The molecule has 3 aliphatic carbocycles. The van der Waals surface area contributed by atoms with Crippen LogP contribution in [0.4, 0.5) is 5.69 Å². The third-order valence-corrected chi connectivity index (χ3v) is 7.11. The predicted octanol–water partition coefficient (Wildman–Crippen LogP) is 4.62. The van der Waals surface area contributed by atoms with Gasteiger partial charge in [-0.15, -0.1) is 0 Å². The summed E-state index contributed by atoms with van der Waals surface area (Å²) in [5.74, 6) is -0.978. The summed E-state index contributed by atoms with van der Waals surface area (Å²) >= 11 is 0. The fourth-order valence-electron chi connectivity index (χ4n) is 5.98. The van der Waals surface area contributed by atoms with Gasteiger partial charge < -0.3 is 10.4 Å². The SMILES string of the molecule is Cc1cc([C@@H](C)Nc2ccccc2C(=O)O)c2nc(C34CC(C)(C3)C4)c(C)c(=O)n2c1. The number of nitrogens with one attached hydrogen (secondary N) is 1. The minimum absolute atomic E-state index is 0.0158. The molecule has 6 rings (SSSR count). The van der Waals surface area contributed by atoms with E-state index >= 15 is 0 Å². The maximum Gasteiger partial charge on any atom is 0.337 e. The van der Waals surface area contributed by atoms with Crippen molar-refractivity contribution in [1.82, 2.24) is 9.38 Å². The maximum absolute atomic E-state index is 13.3. The van der Waals surface area contributed by atoms with E-state index in [0.29, 0.717) is 16.7 Å². The van der Waals surface area contributed by atoms with Gasteiger partial charge in [-0.2, -0.15) is 0 Å². The Morgan fingerprint density at radius 1 is 1.23 bits per heavy atom. The zero-order valence-corrected chi connectivity index (χ0v) is 18.3. The molecule has 3 saturated carbocycles. The number of benzene rings is 1. The fraction of sp³-hybridized carbons (Fsp3) is 0.400. The van der Waals surface area contributed by atoms with E-state index in [-0.39, 0.29) is 22.6 Å². The van der Waals surface area contributed by atoms with Crippen LogP contribution in [0.1, 0.15) is 71.9 Å². The van der Waals surface area contributed by atoms with E-state index < -0.39 is 5.97 Å². The molecule has 3 fully saturated rings. The number of carboxylic acids is 1. The molecule has 160 valence electrons. The van der Waals surface area contributed by atoms with E-state index in [1.165, 1.54) is 0 Å². The number of hydrogen-bond acceptors (Lipinski definition) is 4. The van der Waals surface area contributed by atoms with E-state index in [2.05, 4.69) is 12.2 Å². The lowest BCUT2D eigenvalue weighted by Crippen LogP contribution is -2.63. The highest BCUT2D eigenvalue weighted by molar-refractivity contribution is 5.94. The van der Waals surface area contributed by atoms with Crippen LogP contribution in [0.2, 0.25) is 0 Å². The minimum Gasteiger partial charge on any atom is -0.478 e. The summed E-state index contributed by atoms with van der Waals surface area (Å²) < 4.78 is 1.65. The van der Waals surface area contributed by atoms with Gasteiger partial charge in [0.2, 0.25) is 0 Å². The normalized spacial score (nSPS) is 24.9. The summed E-state index contributed by atoms with van der Waals surface area (Å²) in [5, 5.41) is 12.8. The van der Waals surface area contributed by atoms with Crippen molar-refractivity contribution >= 4 is 17.3 Å². The molecule has 0 unspecified atom stereocenters. The van der Waals surface area contributed by atoms with Crippen molar-refractivity contribution in [2.75, 3.05) is 5.32 Å². The molecule has 2 heterocycles. The van der Waals surface area contributed by atoms with Crippen molar-refractivity contribution in [3.05, 3.63) is 74.8 Å². The van der Waals surface area contributed by atoms with Gasteiger partial charge >= 0.3 is 5.97 Å². The second-order valence-corrected chi connectivity index (χ2v) is 9.90. The van der Waals surface area contributed by atoms with Gasteiger partial charge in [-0.3, -0.25) is 9.20 Å². The zero-order valence-electron chi connectivity index (χ0n) is 18.3. The van der Waals surface area contributed by atoms with Crippen molar-refractivity contribution in [2.24, 2.45) is 5.41 Å². The molecule has 31 heavy (non-hydrogen) atoms. The summed E-state index contributed by atoms with van der Waals surface area (Å²) in [6, 6.07) is 8.66. The van der Waals surface area contributed by atoms with Gasteiger partial charge in [0.25, 0.3) is 5.56 Å². The van der Waals surface area contributed by atoms with Gasteiger partial charge in [0.05, 0.1) is 17.3 Å². The highest BCUT2D eigenvalue weighted by atomic mass is 16.4. The van der Waals surface area contributed by atoms with E-state index in [1.807, 2.05) is 39.1 Å². The maximum atomic E-state index is 13.3. The zero-order chi connectivity index (χ0) is 22.1. The second-order valence-electron chi connectivity index (χ2n) is 9.90. The van der Waals surface area contributed by atoms with Crippen molar-refractivity contribution in [2.45, 2.75) is 58.4 Å². The van der Waals surface area contributed by atoms with Crippen LogP contribution in [0.3, 0.4) is 0 Å². The number of aromatic nitrogens is 2. The van der Waals surface area contributed by atoms with E-state index in [9.17, 15) is 14.7 Å². The number of carbonyl (C=O) groups is 1. The lowest BCUT2D eigenvalue weighted by Gasteiger charge is -2.69. The highest BCUT2D eigenvalue weighted by Crippen LogP contribution is 2.73. The number of aromatic carboxylic acids is 1. The standard InChI is InChI=1S/C25H27N3O3/c1-14-9-18(16(3)26-19-8-6-5-7-17(19)23(30)31)21-27-20(15(2)22(29)28(21)10-14)25-11-24(4,12-25)13-25/h5-10,16,26H,11-13H2,1-4H3,(H,30,31)/t16-,24?,25?/m1/s1. The van der Waals surface area contributed by atoms with Crippen LogP contribution >= 0.6 is 0 Å². The van der Waals surface area contributed by atoms with Crippen molar-refractivity contribution in [3.8, 4) is 0 Å². The molecule has 1 aromatic carbocycles. The van der Waals surface area contributed by atoms with Crippen LogP contribution in [-0.2, 0) is 5.41 Å². The Labute approximate surface area is 181 Å². The Kier molecular flexibility index (Phi) is 4.10. The van der Waals surface area contributed by atoms with E-state index in [0.717, 1.165) is 41.6 Å². The number of fused-ring (bicyclic) bond motifs is 1. The second kappa shape index (κ2) is 6.42. The molecule has 0 saturated heterocycles. The number of aryl methyl sites for hydroxylation is 1. The third-order valence-electron chi connectivity index (χ3n) is 7.11. The fourth-order valence-corrected chi connectivity index (χ4v) is 5.98. The first-order valence-corrected chi connectivity index (χ1v) is 10.8. The summed E-state index contributed by atoms with van der Waals surface area (Å²) in [5.41, 5.74) is 5.41. The first-order chi connectivity index (χ1) is 14.6. The van der Waals surface area contributed by atoms with Crippen LogP contribution in [0.5, 0.6) is 0 Å². The van der Waals surface area contributed by atoms with Crippen LogP contribution in [0.15, 0.2) is 41.3 Å². The molecule has 3 aliphatic rings. The number of anilines is 1. The largest absolute Gasteiger partial charge is 0.478 e. The third kappa shape index (κ3) is 2.88. The molecule has 6 nitrogen and oxygen atoms in total. The van der Waals surface area contributed by atoms with Crippen LogP contribution in [0, 0.1) is 19.3 Å². The molecule has 1 atom stereocenters. The summed E-state index contributed by atoms with van der Waals surface area (Å²) in [4.78, 5) is 30.0. The summed E-state index contributed by atoms with van der Waals surface area (Å²) in [7, 11) is 0. The average molecular weight is 418 g/mol. The lowest BCUT2D eigenvalue weighted by molar-refractivity contribution is -0.128. The van der Waals surface area contributed by atoms with E-state index in [1.54, 1.807) is 22.6 Å². The first-order valence-electron chi connectivity index (χ1n) is 10.8. The number of nitrogens with zero attached hydrogens (tertiary/aromatic N) is 2. The Balaban J connectivity index is 1.63. The smallest absolute Gasteiger partial charge is 0.337 e. The molecule has 3 aromatic rings. The van der Waals surface area contributed by atoms with Crippen LogP contribution in [0.25, 0.3) is 5.65 Å². The number of pyridine rings is 1. The Morgan fingerprint density at radius 3 is 2.55 bits per heavy atom. The van der Waals surface area contributed by atoms with Gasteiger partial charge in [0.1, 0.15) is 5.65 Å². The van der Waals surface area contributed by atoms with Gasteiger partial charge in [-0.25, -0.2) is 9.78 Å². The van der Waals surface area contributed by atoms with Gasteiger partial charge in [0.15, 0.2) is 0 Å². The molecule has 2 N–H and O–H groups in total. The molecular formula is C25H27N3O3. The van der Waals surface area contributed by atoms with Crippen molar-refractivity contribution in [1.29, 1.82) is 0 Å².